The number of carboxylic acids is 1. The van der Waals surface area contributed by atoms with Gasteiger partial charge in [0.2, 0.25) is 0 Å². The largest absolute Gasteiger partial charge is 0.481 e. The molecule has 4 aromatic rings. The molecule has 0 unspecified atom stereocenters. The maximum absolute atomic E-state index is 13.4. The number of thiophene rings is 1. The fraction of sp³-hybridized carbons (Fsp3) is 0.125. The van der Waals surface area contributed by atoms with E-state index in [2.05, 4.69) is 15.5 Å². The van der Waals surface area contributed by atoms with E-state index in [-0.39, 0.29) is 39.9 Å². The monoisotopic (exact) mass is 562 g/mol. The van der Waals surface area contributed by atoms with E-state index in [0.29, 0.717) is 32.1 Å². The number of aromatic nitrogens is 3. The van der Waals surface area contributed by atoms with E-state index < -0.39 is 11.9 Å². The molecule has 0 aliphatic heterocycles. The molecule has 36 heavy (non-hydrogen) atoms. The number of amides is 1. The molecule has 1 amide bonds. The molecule has 184 valence electrons. The number of carbonyl (C=O) groups is 3. The average Bonchev–Trinajstić information content (AvgIpc) is 3.41. The van der Waals surface area contributed by atoms with Crippen LogP contribution < -0.4 is 5.32 Å². The number of nitrogens with zero attached hydrogens (tertiary/aromatic N) is 3. The SMILES string of the molecule is Cc1nnc(CNC(=O)c2ccc(Cl)c(Cl)c2)n1-c1sc(CC(=O)O)cc1C(=O)c1ccccc1Cl. The third-order valence-electron chi connectivity index (χ3n) is 5.14. The molecule has 0 aliphatic rings. The van der Waals surface area contributed by atoms with E-state index in [1.807, 2.05) is 0 Å². The van der Waals surface area contributed by atoms with Crippen molar-refractivity contribution in [3.8, 4) is 5.00 Å². The number of aryl methyl sites for hydroxylation is 1. The lowest BCUT2D eigenvalue weighted by Crippen LogP contribution is -2.24. The second-order valence-electron chi connectivity index (χ2n) is 7.62. The molecular formula is C24H17Cl3N4O4S. The van der Waals surface area contributed by atoms with Crippen molar-refractivity contribution in [1.82, 2.24) is 20.1 Å². The number of nitrogens with one attached hydrogen (secondary N) is 1. The highest BCUT2D eigenvalue weighted by Gasteiger charge is 2.25. The van der Waals surface area contributed by atoms with Crippen LogP contribution in [0.1, 0.15) is 42.8 Å². The number of carbonyl (C=O) groups excluding carboxylic acids is 2. The molecule has 0 aliphatic carbocycles. The lowest BCUT2D eigenvalue weighted by atomic mass is 10.0. The lowest BCUT2D eigenvalue weighted by molar-refractivity contribution is -0.136. The number of hydrogen-bond donors (Lipinski definition) is 2. The Bertz CT molecular complexity index is 1500. The summed E-state index contributed by atoms with van der Waals surface area (Å²) in [6.45, 7) is 1.67. The highest BCUT2D eigenvalue weighted by Crippen LogP contribution is 2.32. The topological polar surface area (TPSA) is 114 Å². The van der Waals surface area contributed by atoms with Crippen molar-refractivity contribution in [3.63, 3.8) is 0 Å². The smallest absolute Gasteiger partial charge is 0.308 e. The molecule has 4 rings (SSSR count). The molecule has 2 aromatic heterocycles. The first-order chi connectivity index (χ1) is 17.2. The van der Waals surface area contributed by atoms with Gasteiger partial charge in [-0.1, -0.05) is 46.9 Å². The van der Waals surface area contributed by atoms with Crippen molar-refractivity contribution >= 4 is 63.8 Å². The fourth-order valence-electron chi connectivity index (χ4n) is 3.47. The fourth-order valence-corrected chi connectivity index (χ4v) is 5.20. The number of halogens is 3. The molecule has 0 saturated carbocycles. The van der Waals surface area contributed by atoms with Crippen LogP contribution in [0.15, 0.2) is 48.5 Å². The Balaban J connectivity index is 1.70. The van der Waals surface area contributed by atoms with Crippen molar-refractivity contribution < 1.29 is 19.5 Å². The van der Waals surface area contributed by atoms with Gasteiger partial charge in [-0.25, -0.2) is 0 Å². The highest BCUT2D eigenvalue weighted by molar-refractivity contribution is 7.15. The van der Waals surface area contributed by atoms with Gasteiger partial charge in [-0.15, -0.1) is 21.5 Å². The van der Waals surface area contributed by atoms with Crippen LogP contribution in [0, 0.1) is 6.92 Å². The summed E-state index contributed by atoms with van der Waals surface area (Å²) in [6, 6.07) is 12.7. The van der Waals surface area contributed by atoms with Gasteiger partial charge in [0.15, 0.2) is 11.6 Å². The summed E-state index contributed by atoms with van der Waals surface area (Å²) in [6.07, 6.45) is -0.266. The van der Waals surface area contributed by atoms with Crippen LogP contribution in [0.5, 0.6) is 0 Å². The maximum Gasteiger partial charge on any atom is 0.308 e. The number of hydrogen-bond acceptors (Lipinski definition) is 6. The van der Waals surface area contributed by atoms with Gasteiger partial charge in [-0.3, -0.25) is 19.0 Å². The van der Waals surface area contributed by atoms with E-state index in [0.717, 1.165) is 11.3 Å². The highest BCUT2D eigenvalue weighted by atomic mass is 35.5. The quantitative estimate of drug-likeness (QED) is 0.278. The maximum atomic E-state index is 13.4. The molecule has 0 spiro atoms. The molecule has 0 radical (unpaired) electrons. The second-order valence-corrected chi connectivity index (χ2v) is 9.96. The molecule has 0 bridgehead atoms. The summed E-state index contributed by atoms with van der Waals surface area (Å²) in [5, 5.41) is 21.6. The van der Waals surface area contributed by atoms with Crippen LogP contribution in [0.3, 0.4) is 0 Å². The minimum absolute atomic E-state index is 0.0220. The number of aliphatic carboxylic acids is 1. The summed E-state index contributed by atoms with van der Waals surface area (Å²) in [5.74, 6) is -1.02. The second kappa shape index (κ2) is 10.8. The molecular weight excluding hydrogens is 547 g/mol. The Morgan fingerprint density at radius 2 is 1.72 bits per heavy atom. The van der Waals surface area contributed by atoms with Crippen LogP contribution in [0.2, 0.25) is 15.1 Å². The zero-order valence-corrected chi connectivity index (χ0v) is 21.7. The lowest BCUT2D eigenvalue weighted by Gasteiger charge is -2.11. The standard InChI is InChI=1S/C24H17Cl3N4O4S/c1-12-29-30-20(11-28-23(35)13-6-7-18(26)19(27)8-13)31(12)24-16(9-14(36-24)10-21(32)33)22(34)15-4-2-3-5-17(15)25/h2-9H,10-11H2,1H3,(H,28,35)(H,32,33). The Hall–Kier alpha value is -3.24. The molecule has 2 heterocycles. The van der Waals surface area contributed by atoms with E-state index >= 15 is 0 Å². The zero-order chi connectivity index (χ0) is 26.0. The molecule has 2 aromatic carbocycles. The molecule has 2 N–H and O–H groups in total. The van der Waals surface area contributed by atoms with Crippen LogP contribution in [-0.2, 0) is 17.8 Å². The van der Waals surface area contributed by atoms with Gasteiger partial charge in [-0.05, 0) is 43.3 Å². The third kappa shape index (κ3) is 5.44. The van der Waals surface area contributed by atoms with Crippen molar-refractivity contribution in [1.29, 1.82) is 0 Å². The number of carboxylic acid groups (broad SMARTS) is 1. The average molecular weight is 564 g/mol. The van der Waals surface area contributed by atoms with Crippen molar-refractivity contribution in [2.24, 2.45) is 0 Å². The Morgan fingerprint density at radius 3 is 2.42 bits per heavy atom. The first-order valence-electron chi connectivity index (χ1n) is 10.4. The van der Waals surface area contributed by atoms with Gasteiger partial charge in [0.25, 0.3) is 5.91 Å². The van der Waals surface area contributed by atoms with Crippen LogP contribution in [0.4, 0.5) is 0 Å². The first-order valence-corrected chi connectivity index (χ1v) is 12.4. The van der Waals surface area contributed by atoms with E-state index in [1.54, 1.807) is 35.8 Å². The van der Waals surface area contributed by atoms with Crippen molar-refractivity contribution in [2.45, 2.75) is 19.9 Å². The van der Waals surface area contributed by atoms with Gasteiger partial charge >= 0.3 is 5.97 Å². The van der Waals surface area contributed by atoms with E-state index in [4.69, 9.17) is 34.8 Å². The summed E-state index contributed by atoms with van der Waals surface area (Å²) in [5.41, 5.74) is 0.839. The number of rotatable bonds is 8. The first kappa shape index (κ1) is 25.8. The third-order valence-corrected chi connectivity index (χ3v) is 7.32. The summed E-state index contributed by atoms with van der Waals surface area (Å²) in [4.78, 5) is 37.9. The van der Waals surface area contributed by atoms with Crippen molar-refractivity contribution in [3.05, 3.63) is 96.8 Å². The Morgan fingerprint density at radius 1 is 0.972 bits per heavy atom. The van der Waals surface area contributed by atoms with Gasteiger partial charge in [-0.2, -0.15) is 0 Å². The van der Waals surface area contributed by atoms with E-state index in [1.165, 1.54) is 24.3 Å². The summed E-state index contributed by atoms with van der Waals surface area (Å²) < 4.78 is 1.62. The summed E-state index contributed by atoms with van der Waals surface area (Å²) in [7, 11) is 0. The van der Waals surface area contributed by atoms with Crippen molar-refractivity contribution in [2.75, 3.05) is 0 Å². The molecule has 0 atom stereocenters. The van der Waals surface area contributed by atoms with Gasteiger partial charge in [0, 0.05) is 16.0 Å². The van der Waals surface area contributed by atoms with E-state index in [9.17, 15) is 19.5 Å². The van der Waals surface area contributed by atoms with Gasteiger partial charge in [0.1, 0.15) is 10.8 Å². The minimum atomic E-state index is -1.03. The van der Waals surface area contributed by atoms with Gasteiger partial charge in [0.05, 0.1) is 33.6 Å². The molecule has 8 nitrogen and oxygen atoms in total. The van der Waals surface area contributed by atoms with Gasteiger partial charge < -0.3 is 10.4 Å². The predicted octanol–water partition coefficient (Wildman–Crippen LogP) is 5.39. The summed E-state index contributed by atoms with van der Waals surface area (Å²) >= 11 is 19.3. The predicted molar refractivity (Wildman–Crippen MR) is 138 cm³/mol. The zero-order valence-electron chi connectivity index (χ0n) is 18.6. The van der Waals surface area contributed by atoms with Crippen LogP contribution in [-0.4, -0.2) is 37.5 Å². The molecule has 0 fully saturated rings. The van der Waals surface area contributed by atoms with Crippen LogP contribution in [0.25, 0.3) is 5.00 Å². The number of benzene rings is 2. The minimum Gasteiger partial charge on any atom is -0.481 e. The molecule has 12 heteroatoms. The van der Waals surface area contributed by atoms with Crippen LogP contribution >= 0.6 is 46.1 Å². The Labute approximate surface area is 224 Å². The number of ketones is 1. The Kier molecular flexibility index (Phi) is 7.75. The molecule has 0 saturated heterocycles. The normalized spacial score (nSPS) is 10.9.